The van der Waals surface area contributed by atoms with Crippen molar-refractivity contribution < 1.29 is 9.53 Å². The van der Waals surface area contributed by atoms with Crippen LogP contribution in [0.2, 0.25) is 0 Å². The number of carbonyl (C=O) groups is 1. The van der Waals surface area contributed by atoms with Crippen LogP contribution in [-0.2, 0) is 9.53 Å². The van der Waals surface area contributed by atoms with Crippen molar-refractivity contribution in [2.45, 2.75) is 51.4 Å². The number of nitrogens with zero attached hydrogens (tertiary/aromatic N) is 1. The molecular weight excluding hydrogens is 264 g/mol. The van der Waals surface area contributed by atoms with E-state index in [4.69, 9.17) is 4.74 Å². The van der Waals surface area contributed by atoms with E-state index in [9.17, 15) is 4.79 Å². The quantitative estimate of drug-likeness (QED) is 0.928. The van der Waals surface area contributed by atoms with Gasteiger partial charge in [-0.2, -0.15) is 0 Å². The molecule has 4 nitrogen and oxygen atoms in total. The topological polar surface area (TPSA) is 41.6 Å². The molecule has 2 saturated heterocycles. The highest BCUT2D eigenvalue weighted by molar-refractivity contribution is 5.84. The third-order valence-corrected chi connectivity index (χ3v) is 4.54. The summed E-state index contributed by atoms with van der Waals surface area (Å²) in [5, 5.41) is 3.52. The Bertz CT molecular complexity index is 511. The molecule has 0 aliphatic carbocycles. The SMILES string of the molecule is CCC1NC(c2cccc(C)c2)N(C2CCOCC2)C1=O. The van der Waals surface area contributed by atoms with Crippen LogP contribution in [0.1, 0.15) is 43.5 Å². The third-order valence-electron chi connectivity index (χ3n) is 4.54. The second-order valence-corrected chi connectivity index (χ2v) is 6.03. The molecule has 0 radical (unpaired) electrons. The molecule has 3 rings (SSSR count). The van der Waals surface area contributed by atoms with Gasteiger partial charge in [-0.15, -0.1) is 0 Å². The van der Waals surface area contributed by atoms with Crippen molar-refractivity contribution in [2.75, 3.05) is 13.2 Å². The number of benzene rings is 1. The van der Waals surface area contributed by atoms with Crippen LogP contribution in [0.4, 0.5) is 0 Å². The van der Waals surface area contributed by atoms with Gasteiger partial charge in [0.05, 0.1) is 6.04 Å². The fraction of sp³-hybridized carbons (Fsp3) is 0.588. The van der Waals surface area contributed by atoms with E-state index < -0.39 is 0 Å². The first kappa shape index (κ1) is 14.5. The fourth-order valence-electron chi connectivity index (χ4n) is 3.39. The average molecular weight is 288 g/mol. The minimum Gasteiger partial charge on any atom is -0.381 e. The minimum atomic E-state index is -0.0571. The lowest BCUT2D eigenvalue weighted by Crippen LogP contribution is -2.43. The van der Waals surface area contributed by atoms with E-state index in [1.165, 1.54) is 11.1 Å². The molecule has 4 heteroatoms. The summed E-state index contributed by atoms with van der Waals surface area (Å²) < 4.78 is 5.45. The molecule has 0 bridgehead atoms. The number of nitrogens with one attached hydrogen (secondary N) is 1. The number of ether oxygens (including phenoxy) is 1. The lowest BCUT2D eigenvalue weighted by molar-refractivity contribution is -0.134. The molecule has 2 aliphatic rings. The summed E-state index contributed by atoms with van der Waals surface area (Å²) in [5.41, 5.74) is 2.42. The van der Waals surface area contributed by atoms with Crippen LogP contribution < -0.4 is 5.32 Å². The maximum Gasteiger partial charge on any atom is 0.241 e. The molecule has 1 N–H and O–H groups in total. The number of aryl methyl sites for hydroxylation is 1. The summed E-state index contributed by atoms with van der Waals surface area (Å²) in [4.78, 5) is 14.8. The van der Waals surface area contributed by atoms with E-state index in [0.29, 0.717) is 6.04 Å². The molecule has 0 saturated carbocycles. The van der Waals surface area contributed by atoms with Crippen molar-refractivity contribution in [3.05, 3.63) is 35.4 Å². The largest absolute Gasteiger partial charge is 0.381 e. The molecule has 114 valence electrons. The van der Waals surface area contributed by atoms with Crippen molar-refractivity contribution in [1.29, 1.82) is 0 Å². The van der Waals surface area contributed by atoms with Crippen molar-refractivity contribution in [2.24, 2.45) is 0 Å². The maximum atomic E-state index is 12.7. The molecule has 1 aromatic carbocycles. The van der Waals surface area contributed by atoms with Crippen LogP contribution in [0.25, 0.3) is 0 Å². The summed E-state index contributed by atoms with van der Waals surface area (Å²) >= 11 is 0. The summed E-state index contributed by atoms with van der Waals surface area (Å²) in [6.07, 6.45) is 2.71. The van der Waals surface area contributed by atoms with E-state index >= 15 is 0 Å². The number of carbonyl (C=O) groups excluding carboxylic acids is 1. The van der Waals surface area contributed by atoms with Gasteiger partial charge in [0.2, 0.25) is 5.91 Å². The van der Waals surface area contributed by atoms with Crippen molar-refractivity contribution in [3.8, 4) is 0 Å². The van der Waals surface area contributed by atoms with E-state index in [2.05, 4.69) is 48.3 Å². The van der Waals surface area contributed by atoms with Gasteiger partial charge in [0.25, 0.3) is 0 Å². The van der Waals surface area contributed by atoms with Crippen LogP contribution in [0.3, 0.4) is 0 Å². The van der Waals surface area contributed by atoms with Gasteiger partial charge < -0.3 is 9.64 Å². The number of rotatable bonds is 3. The maximum absolute atomic E-state index is 12.7. The Labute approximate surface area is 126 Å². The molecular formula is C17H24N2O2. The highest BCUT2D eigenvalue weighted by atomic mass is 16.5. The zero-order valence-corrected chi connectivity index (χ0v) is 12.8. The van der Waals surface area contributed by atoms with Crippen LogP contribution in [0.15, 0.2) is 24.3 Å². The van der Waals surface area contributed by atoms with Crippen LogP contribution in [0, 0.1) is 6.92 Å². The number of hydrogen-bond acceptors (Lipinski definition) is 3. The second kappa shape index (κ2) is 6.16. The molecule has 21 heavy (non-hydrogen) atoms. The average Bonchev–Trinajstić information content (AvgIpc) is 2.85. The van der Waals surface area contributed by atoms with E-state index in [0.717, 1.165) is 32.5 Å². The summed E-state index contributed by atoms with van der Waals surface area (Å²) in [6.45, 7) is 5.67. The van der Waals surface area contributed by atoms with Crippen molar-refractivity contribution in [3.63, 3.8) is 0 Å². The molecule has 2 aliphatic heterocycles. The molecule has 1 aromatic rings. The second-order valence-electron chi connectivity index (χ2n) is 6.03. The highest BCUT2D eigenvalue weighted by Crippen LogP contribution is 2.32. The molecule has 2 atom stereocenters. The molecule has 2 unspecified atom stereocenters. The first-order valence-electron chi connectivity index (χ1n) is 7.93. The predicted molar refractivity (Wildman–Crippen MR) is 81.8 cm³/mol. The lowest BCUT2D eigenvalue weighted by atomic mass is 10.0. The Hall–Kier alpha value is -1.39. The Morgan fingerprint density at radius 1 is 1.33 bits per heavy atom. The molecule has 0 spiro atoms. The first-order valence-corrected chi connectivity index (χ1v) is 7.93. The zero-order chi connectivity index (χ0) is 14.8. The van der Waals surface area contributed by atoms with Gasteiger partial charge in [-0.05, 0) is 31.7 Å². The Balaban J connectivity index is 1.90. The van der Waals surface area contributed by atoms with Crippen molar-refractivity contribution >= 4 is 5.91 Å². The lowest BCUT2D eigenvalue weighted by Gasteiger charge is -2.35. The van der Waals surface area contributed by atoms with E-state index in [1.54, 1.807) is 0 Å². The van der Waals surface area contributed by atoms with Gasteiger partial charge in [0.1, 0.15) is 6.17 Å². The van der Waals surface area contributed by atoms with Gasteiger partial charge in [0, 0.05) is 19.3 Å². The summed E-state index contributed by atoms with van der Waals surface area (Å²) in [5.74, 6) is 0.246. The summed E-state index contributed by atoms with van der Waals surface area (Å²) in [6, 6.07) is 8.69. The van der Waals surface area contributed by atoms with Crippen LogP contribution in [-0.4, -0.2) is 36.1 Å². The normalized spacial score (nSPS) is 27.3. The number of hydrogen-bond donors (Lipinski definition) is 1. The third kappa shape index (κ3) is 2.83. The standard InChI is InChI=1S/C17H24N2O2/c1-3-15-17(20)19(14-7-9-21-10-8-14)16(18-15)13-6-4-5-12(2)11-13/h4-6,11,14-16,18H,3,7-10H2,1-2H3. The predicted octanol–water partition coefficient (Wildman–Crippen LogP) is 2.38. The van der Waals surface area contributed by atoms with E-state index in [-0.39, 0.29) is 18.1 Å². The van der Waals surface area contributed by atoms with Crippen LogP contribution in [0.5, 0.6) is 0 Å². The van der Waals surface area contributed by atoms with Crippen molar-refractivity contribution in [1.82, 2.24) is 10.2 Å². The Morgan fingerprint density at radius 2 is 2.10 bits per heavy atom. The van der Waals surface area contributed by atoms with Crippen LogP contribution >= 0.6 is 0 Å². The summed E-state index contributed by atoms with van der Waals surface area (Å²) in [7, 11) is 0. The van der Waals surface area contributed by atoms with Gasteiger partial charge >= 0.3 is 0 Å². The minimum absolute atomic E-state index is 0.00505. The molecule has 1 amide bonds. The highest BCUT2D eigenvalue weighted by Gasteiger charge is 2.42. The zero-order valence-electron chi connectivity index (χ0n) is 12.8. The van der Waals surface area contributed by atoms with Gasteiger partial charge in [0.15, 0.2) is 0 Å². The monoisotopic (exact) mass is 288 g/mol. The fourth-order valence-corrected chi connectivity index (χ4v) is 3.39. The molecule has 0 aromatic heterocycles. The van der Waals surface area contributed by atoms with Gasteiger partial charge in [-0.1, -0.05) is 36.8 Å². The molecule has 2 heterocycles. The first-order chi connectivity index (χ1) is 10.2. The smallest absolute Gasteiger partial charge is 0.241 e. The van der Waals surface area contributed by atoms with Gasteiger partial charge in [-0.25, -0.2) is 0 Å². The molecule has 2 fully saturated rings. The Kier molecular flexibility index (Phi) is 4.27. The van der Waals surface area contributed by atoms with Gasteiger partial charge in [-0.3, -0.25) is 10.1 Å². The number of amides is 1. The van der Waals surface area contributed by atoms with E-state index in [1.807, 2.05) is 0 Å². The Morgan fingerprint density at radius 3 is 2.76 bits per heavy atom.